The monoisotopic (exact) mass is 620 g/mol. The topological polar surface area (TPSA) is 211 Å². The van der Waals surface area contributed by atoms with Crippen LogP contribution in [0.3, 0.4) is 0 Å². The van der Waals surface area contributed by atoms with Gasteiger partial charge in [-0.25, -0.2) is 5.06 Å². The number of hydroxylamine groups is 2. The standard InChI is InChI=1S/C30H44N4O10/c1-4-7-8-9-23(24(5-2)34(42)19-38)28(40)31-18-32-29(41)26-11-10-25(44-26)20-12-21(14-22(13-20)43-6-3)27(39)33-30(15-35,16-36)17-37/h10-14,19,23-24,35-37,42H,4-9,15-18H2,1-3H3,(H,31,40)(H,32,41)(H,33,39)/t23?,24-/m1/s1. The summed E-state index contributed by atoms with van der Waals surface area (Å²) < 4.78 is 11.3. The number of amides is 4. The molecule has 244 valence electrons. The Labute approximate surface area is 256 Å². The Morgan fingerprint density at radius 2 is 1.70 bits per heavy atom. The third-order valence-electron chi connectivity index (χ3n) is 7.18. The van der Waals surface area contributed by atoms with Gasteiger partial charge in [0.15, 0.2) is 5.76 Å². The van der Waals surface area contributed by atoms with Gasteiger partial charge in [0.1, 0.15) is 17.0 Å². The highest BCUT2D eigenvalue weighted by molar-refractivity contribution is 5.97. The summed E-state index contributed by atoms with van der Waals surface area (Å²) in [5, 5.41) is 46.8. The molecule has 0 aliphatic heterocycles. The van der Waals surface area contributed by atoms with E-state index in [9.17, 15) is 39.7 Å². The Kier molecular flexibility index (Phi) is 14.8. The van der Waals surface area contributed by atoms with Crippen molar-refractivity contribution in [1.29, 1.82) is 0 Å². The Balaban J connectivity index is 2.16. The third-order valence-corrected chi connectivity index (χ3v) is 7.18. The molecule has 0 spiro atoms. The molecule has 0 fully saturated rings. The van der Waals surface area contributed by atoms with Gasteiger partial charge in [0, 0.05) is 11.1 Å². The van der Waals surface area contributed by atoms with Crippen molar-refractivity contribution in [2.24, 2.45) is 5.92 Å². The summed E-state index contributed by atoms with van der Waals surface area (Å²) >= 11 is 0. The average molecular weight is 621 g/mol. The molecule has 1 aromatic heterocycles. The van der Waals surface area contributed by atoms with Crippen molar-refractivity contribution in [2.45, 2.75) is 64.5 Å². The normalized spacial score (nSPS) is 12.6. The lowest BCUT2D eigenvalue weighted by Crippen LogP contribution is -2.57. The van der Waals surface area contributed by atoms with Crippen molar-refractivity contribution < 1.29 is 48.9 Å². The second-order valence-electron chi connectivity index (χ2n) is 10.3. The quantitative estimate of drug-likeness (QED) is 0.0372. The summed E-state index contributed by atoms with van der Waals surface area (Å²) in [4.78, 5) is 49.8. The fourth-order valence-corrected chi connectivity index (χ4v) is 4.60. The van der Waals surface area contributed by atoms with E-state index in [0.717, 1.165) is 19.3 Å². The lowest BCUT2D eigenvalue weighted by atomic mass is 9.90. The van der Waals surface area contributed by atoms with E-state index in [1.165, 1.54) is 24.3 Å². The number of aliphatic hydroxyl groups is 3. The van der Waals surface area contributed by atoms with Gasteiger partial charge in [-0.3, -0.25) is 24.4 Å². The van der Waals surface area contributed by atoms with Gasteiger partial charge in [-0.15, -0.1) is 0 Å². The van der Waals surface area contributed by atoms with Gasteiger partial charge in [0.2, 0.25) is 12.3 Å². The highest BCUT2D eigenvalue weighted by Crippen LogP contribution is 2.28. The van der Waals surface area contributed by atoms with Gasteiger partial charge in [0.05, 0.1) is 45.1 Å². The number of rotatable bonds is 20. The van der Waals surface area contributed by atoms with Crippen LogP contribution in [0.25, 0.3) is 11.3 Å². The summed E-state index contributed by atoms with van der Waals surface area (Å²) in [6.45, 7) is 3.52. The Bertz CT molecular complexity index is 1220. The number of carbonyl (C=O) groups is 4. The van der Waals surface area contributed by atoms with Crippen molar-refractivity contribution in [3.63, 3.8) is 0 Å². The number of carbonyl (C=O) groups excluding carboxylic acids is 4. The number of nitrogens with zero attached hydrogens (tertiary/aromatic N) is 1. The van der Waals surface area contributed by atoms with E-state index in [-0.39, 0.29) is 30.2 Å². The number of benzene rings is 1. The Hall–Kier alpha value is -3.98. The molecule has 0 aliphatic carbocycles. The maximum Gasteiger partial charge on any atom is 0.288 e. The molecule has 2 rings (SSSR count). The van der Waals surface area contributed by atoms with Crippen LogP contribution in [0, 0.1) is 5.92 Å². The summed E-state index contributed by atoms with van der Waals surface area (Å²) in [6, 6.07) is 6.74. The number of hydrogen-bond donors (Lipinski definition) is 7. The molecule has 44 heavy (non-hydrogen) atoms. The van der Waals surface area contributed by atoms with Gasteiger partial charge in [-0.1, -0.05) is 33.1 Å². The molecule has 2 atom stereocenters. The van der Waals surface area contributed by atoms with E-state index in [0.29, 0.717) is 35.8 Å². The van der Waals surface area contributed by atoms with Crippen LogP contribution in [0.4, 0.5) is 0 Å². The van der Waals surface area contributed by atoms with Gasteiger partial charge in [-0.2, -0.15) is 0 Å². The number of hydrogen-bond acceptors (Lipinski definition) is 10. The molecule has 1 unspecified atom stereocenters. The van der Waals surface area contributed by atoms with Crippen LogP contribution in [-0.4, -0.2) is 94.4 Å². The number of unbranched alkanes of at least 4 members (excludes halogenated alkanes) is 2. The van der Waals surface area contributed by atoms with Crippen LogP contribution in [0.15, 0.2) is 34.7 Å². The first-order valence-corrected chi connectivity index (χ1v) is 14.6. The molecular weight excluding hydrogens is 576 g/mol. The predicted octanol–water partition coefficient (Wildman–Crippen LogP) is 1.42. The molecule has 4 amide bonds. The van der Waals surface area contributed by atoms with E-state index >= 15 is 0 Å². The minimum absolute atomic E-state index is 0.0738. The van der Waals surface area contributed by atoms with Crippen molar-refractivity contribution in [3.05, 3.63) is 41.7 Å². The minimum Gasteiger partial charge on any atom is -0.494 e. The summed E-state index contributed by atoms with van der Waals surface area (Å²) in [6.07, 6.45) is 3.65. The van der Waals surface area contributed by atoms with Crippen molar-refractivity contribution in [2.75, 3.05) is 33.1 Å². The minimum atomic E-state index is -1.64. The molecule has 7 N–H and O–H groups in total. The largest absolute Gasteiger partial charge is 0.494 e. The maximum atomic E-state index is 13.0. The summed E-state index contributed by atoms with van der Waals surface area (Å²) in [7, 11) is 0. The SMILES string of the molecule is CCCCCC(C(=O)NCNC(=O)c1ccc(-c2cc(OCC)cc(C(=O)NC(CO)(CO)CO)c2)o1)[C@@H](CC)N(O)C=O. The van der Waals surface area contributed by atoms with Crippen LogP contribution in [0.5, 0.6) is 5.75 Å². The second kappa shape index (κ2) is 18.0. The lowest BCUT2D eigenvalue weighted by Gasteiger charge is -2.29. The third kappa shape index (κ3) is 9.77. The highest BCUT2D eigenvalue weighted by atomic mass is 16.5. The van der Waals surface area contributed by atoms with Crippen LogP contribution in [-0.2, 0) is 9.59 Å². The molecule has 0 radical (unpaired) electrons. The first kappa shape index (κ1) is 36.2. The fourth-order valence-electron chi connectivity index (χ4n) is 4.60. The zero-order valence-electron chi connectivity index (χ0n) is 25.4. The van der Waals surface area contributed by atoms with Crippen LogP contribution in [0.2, 0.25) is 0 Å². The van der Waals surface area contributed by atoms with E-state index in [1.54, 1.807) is 19.9 Å². The van der Waals surface area contributed by atoms with E-state index in [2.05, 4.69) is 16.0 Å². The molecule has 1 aromatic carbocycles. The molecule has 14 heteroatoms. The first-order chi connectivity index (χ1) is 21.1. The number of nitrogens with one attached hydrogen (secondary N) is 3. The lowest BCUT2D eigenvalue weighted by molar-refractivity contribution is -0.168. The maximum absolute atomic E-state index is 13.0. The van der Waals surface area contributed by atoms with Gasteiger partial charge in [0.25, 0.3) is 11.8 Å². The molecule has 0 bridgehead atoms. The highest BCUT2D eigenvalue weighted by Gasteiger charge is 2.32. The van der Waals surface area contributed by atoms with Crippen LogP contribution >= 0.6 is 0 Å². The second-order valence-corrected chi connectivity index (χ2v) is 10.3. The number of furan rings is 1. The van der Waals surface area contributed by atoms with Gasteiger partial charge < -0.3 is 40.4 Å². The Morgan fingerprint density at radius 3 is 2.30 bits per heavy atom. The van der Waals surface area contributed by atoms with Crippen molar-refractivity contribution in [1.82, 2.24) is 21.0 Å². The first-order valence-electron chi connectivity index (χ1n) is 14.6. The van der Waals surface area contributed by atoms with Gasteiger partial charge >= 0.3 is 0 Å². The fraction of sp³-hybridized carbons (Fsp3) is 0.533. The number of ether oxygens (including phenoxy) is 1. The van der Waals surface area contributed by atoms with E-state index < -0.39 is 55.0 Å². The Morgan fingerprint density at radius 1 is 1.00 bits per heavy atom. The van der Waals surface area contributed by atoms with Gasteiger partial charge in [-0.05, 0) is 50.1 Å². The van der Waals surface area contributed by atoms with E-state index in [4.69, 9.17) is 9.15 Å². The van der Waals surface area contributed by atoms with Crippen LogP contribution in [0.1, 0.15) is 73.8 Å². The van der Waals surface area contributed by atoms with Crippen molar-refractivity contribution in [3.8, 4) is 17.1 Å². The molecule has 0 saturated carbocycles. The summed E-state index contributed by atoms with van der Waals surface area (Å²) in [5.74, 6) is -1.93. The molecule has 14 nitrogen and oxygen atoms in total. The van der Waals surface area contributed by atoms with Crippen LogP contribution < -0.4 is 20.7 Å². The molecule has 1 heterocycles. The predicted molar refractivity (Wildman–Crippen MR) is 159 cm³/mol. The molecular formula is C30H44N4O10. The smallest absolute Gasteiger partial charge is 0.288 e. The molecule has 0 aliphatic rings. The summed E-state index contributed by atoms with van der Waals surface area (Å²) in [5.41, 5.74) is -1.16. The molecule has 2 aromatic rings. The zero-order chi connectivity index (χ0) is 32.7. The average Bonchev–Trinajstić information content (AvgIpc) is 3.54. The number of aliphatic hydroxyl groups excluding tert-OH is 3. The molecule has 0 saturated heterocycles. The van der Waals surface area contributed by atoms with Crippen molar-refractivity contribution >= 4 is 24.1 Å². The van der Waals surface area contributed by atoms with E-state index in [1.807, 2.05) is 6.92 Å². The zero-order valence-corrected chi connectivity index (χ0v) is 25.4.